The van der Waals surface area contributed by atoms with E-state index in [2.05, 4.69) is 20.7 Å². The molecule has 2 N–H and O–H groups in total. The Morgan fingerprint density at radius 2 is 1.96 bits per heavy atom. The molecule has 0 fully saturated rings. The van der Waals surface area contributed by atoms with Crippen LogP contribution in [-0.2, 0) is 9.59 Å². The highest BCUT2D eigenvalue weighted by molar-refractivity contribution is 5.94. The van der Waals surface area contributed by atoms with Crippen LogP contribution in [0.4, 0.5) is 5.69 Å². The fourth-order valence-corrected chi connectivity index (χ4v) is 3.22. The fraction of sp³-hybridized carbons (Fsp3) is 0.158. The van der Waals surface area contributed by atoms with Crippen LogP contribution < -0.4 is 5.32 Å². The largest absolute Gasteiger partial charge is 0.326 e. The molecule has 0 radical (unpaired) electrons. The van der Waals surface area contributed by atoms with Crippen molar-refractivity contribution in [3.05, 3.63) is 59.8 Å². The molecule has 2 heterocycles. The Kier molecular flexibility index (Phi) is 3.96. The van der Waals surface area contributed by atoms with Crippen molar-refractivity contribution in [3.8, 4) is 0 Å². The number of amides is 2. The summed E-state index contributed by atoms with van der Waals surface area (Å²) in [6, 6.07) is 12.8. The van der Waals surface area contributed by atoms with E-state index < -0.39 is 0 Å². The highest BCUT2D eigenvalue weighted by atomic mass is 16.2. The van der Waals surface area contributed by atoms with Gasteiger partial charge in [-0.05, 0) is 35.4 Å². The molecule has 1 aliphatic heterocycles. The third-order valence-corrected chi connectivity index (χ3v) is 4.45. The van der Waals surface area contributed by atoms with E-state index >= 15 is 0 Å². The molecular formula is C19H17N5O2. The molecule has 1 aromatic heterocycles. The number of H-pyrrole nitrogens is 1. The topological polar surface area (TPSA) is 91.0 Å². The number of hydrogen-bond donors (Lipinski definition) is 2. The number of carbonyl (C=O) groups excluding carboxylic acids is 2. The van der Waals surface area contributed by atoms with E-state index in [4.69, 9.17) is 0 Å². The van der Waals surface area contributed by atoms with Gasteiger partial charge in [0.15, 0.2) is 0 Å². The maximum atomic E-state index is 12.6. The van der Waals surface area contributed by atoms with E-state index in [0.29, 0.717) is 11.2 Å². The Balaban J connectivity index is 1.56. The summed E-state index contributed by atoms with van der Waals surface area (Å²) in [6.07, 6.45) is 3.80. The Hall–Kier alpha value is -3.48. The van der Waals surface area contributed by atoms with Crippen LogP contribution in [0.15, 0.2) is 48.7 Å². The molecule has 2 amide bonds. The van der Waals surface area contributed by atoms with E-state index in [-0.39, 0.29) is 24.3 Å². The zero-order valence-corrected chi connectivity index (χ0v) is 14.1. The first kappa shape index (κ1) is 16.0. The first-order valence-corrected chi connectivity index (χ1v) is 8.28. The lowest BCUT2D eigenvalue weighted by molar-refractivity contribution is -0.129. The van der Waals surface area contributed by atoms with Gasteiger partial charge in [-0.3, -0.25) is 9.59 Å². The van der Waals surface area contributed by atoms with Gasteiger partial charge in [-0.25, -0.2) is 0 Å². The molecule has 0 unspecified atom stereocenters. The normalized spacial score (nSPS) is 15.7. The van der Waals surface area contributed by atoms with Crippen molar-refractivity contribution < 1.29 is 9.59 Å². The third kappa shape index (κ3) is 2.95. The van der Waals surface area contributed by atoms with Crippen LogP contribution in [0.5, 0.6) is 0 Å². The molecule has 130 valence electrons. The average molecular weight is 347 g/mol. The molecule has 4 rings (SSSR count). The van der Waals surface area contributed by atoms with E-state index in [1.807, 2.05) is 30.3 Å². The summed E-state index contributed by atoms with van der Waals surface area (Å²) in [4.78, 5) is 26.2. The number of benzene rings is 2. The summed E-state index contributed by atoms with van der Waals surface area (Å²) in [5.41, 5.74) is 4.04. The Morgan fingerprint density at radius 1 is 1.15 bits per heavy atom. The second kappa shape index (κ2) is 6.44. The highest BCUT2D eigenvalue weighted by Crippen LogP contribution is 2.33. The lowest BCUT2D eigenvalue weighted by Gasteiger charge is -2.32. The van der Waals surface area contributed by atoms with Gasteiger partial charge in [-0.1, -0.05) is 24.3 Å². The number of fused-ring (bicyclic) bond motifs is 2. The quantitative estimate of drug-likeness (QED) is 0.762. The minimum Gasteiger partial charge on any atom is -0.326 e. The summed E-state index contributed by atoms with van der Waals surface area (Å²) in [5.74, 6) is -0.272. The number of aromatic nitrogens is 3. The molecule has 0 bridgehead atoms. The Bertz CT molecular complexity index is 1020. The lowest BCUT2D eigenvalue weighted by atomic mass is 9.93. The SMILES string of the molecule is CC(=O)N1C=Cc2ccccc2[C@@H]1CC(=O)Nc1ccc2n[nH]nc2c1. The smallest absolute Gasteiger partial charge is 0.226 e. The van der Waals surface area contributed by atoms with Crippen molar-refractivity contribution in [1.29, 1.82) is 0 Å². The standard InChI is InChI=1S/C19H17N5O2/c1-12(25)24-9-8-13-4-2-3-5-15(13)18(24)11-19(26)20-14-6-7-16-17(10-14)22-23-21-16/h2-10,18H,11H2,1H3,(H,20,26)(H,21,22,23)/t18-/m0/s1. The lowest BCUT2D eigenvalue weighted by Crippen LogP contribution is -2.33. The maximum Gasteiger partial charge on any atom is 0.226 e. The summed E-state index contributed by atoms with van der Waals surface area (Å²) >= 11 is 0. The number of anilines is 1. The second-order valence-corrected chi connectivity index (χ2v) is 6.17. The van der Waals surface area contributed by atoms with E-state index in [9.17, 15) is 9.59 Å². The number of nitrogens with zero attached hydrogens (tertiary/aromatic N) is 3. The molecule has 7 nitrogen and oxygen atoms in total. The Morgan fingerprint density at radius 3 is 2.81 bits per heavy atom. The van der Waals surface area contributed by atoms with Gasteiger partial charge in [0.2, 0.25) is 11.8 Å². The molecule has 26 heavy (non-hydrogen) atoms. The van der Waals surface area contributed by atoms with Gasteiger partial charge in [0.1, 0.15) is 11.0 Å². The van der Waals surface area contributed by atoms with Crippen LogP contribution in [0, 0.1) is 0 Å². The number of hydrogen-bond acceptors (Lipinski definition) is 4. The molecule has 0 saturated carbocycles. The van der Waals surface area contributed by atoms with Crippen molar-refractivity contribution in [1.82, 2.24) is 20.3 Å². The van der Waals surface area contributed by atoms with Crippen molar-refractivity contribution in [3.63, 3.8) is 0 Å². The zero-order valence-electron chi connectivity index (χ0n) is 14.1. The maximum absolute atomic E-state index is 12.6. The predicted octanol–water partition coefficient (Wildman–Crippen LogP) is 2.86. The number of aromatic amines is 1. The van der Waals surface area contributed by atoms with Gasteiger partial charge in [0.05, 0.1) is 12.5 Å². The van der Waals surface area contributed by atoms with Crippen molar-refractivity contribution in [2.24, 2.45) is 0 Å². The van der Waals surface area contributed by atoms with Crippen molar-refractivity contribution >= 4 is 34.6 Å². The van der Waals surface area contributed by atoms with E-state index in [0.717, 1.165) is 16.6 Å². The van der Waals surface area contributed by atoms with Crippen LogP contribution in [0.3, 0.4) is 0 Å². The minimum atomic E-state index is -0.329. The molecule has 3 aromatic rings. The van der Waals surface area contributed by atoms with Gasteiger partial charge >= 0.3 is 0 Å². The van der Waals surface area contributed by atoms with Gasteiger partial charge in [0, 0.05) is 18.8 Å². The van der Waals surface area contributed by atoms with Crippen LogP contribution in [0.1, 0.15) is 30.5 Å². The average Bonchev–Trinajstić information content (AvgIpc) is 3.09. The predicted molar refractivity (Wildman–Crippen MR) is 97.9 cm³/mol. The molecular weight excluding hydrogens is 330 g/mol. The molecule has 0 spiro atoms. The number of carbonyl (C=O) groups is 2. The third-order valence-electron chi connectivity index (χ3n) is 4.45. The second-order valence-electron chi connectivity index (χ2n) is 6.17. The van der Waals surface area contributed by atoms with Crippen LogP contribution in [-0.4, -0.2) is 32.1 Å². The van der Waals surface area contributed by atoms with Crippen molar-refractivity contribution in [2.75, 3.05) is 5.32 Å². The molecule has 1 atom stereocenters. The highest BCUT2D eigenvalue weighted by Gasteiger charge is 2.28. The number of rotatable bonds is 3. The molecule has 1 aliphatic rings. The van der Waals surface area contributed by atoms with Gasteiger partial charge < -0.3 is 10.2 Å². The molecule has 0 saturated heterocycles. The minimum absolute atomic E-state index is 0.0995. The van der Waals surface area contributed by atoms with Gasteiger partial charge in [-0.2, -0.15) is 15.4 Å². The van der Waals surface area contributed by atoms with Crippen LogP contribution >= 0.6 is 0 Å². The molecule has 0 aliphatic carbocycles. The van der Waals surface area contributed by atoms with Crippen LogP contribution in [0.2, 0.25) is 0 Å². The van der Waals surface area contributed by atoms with E-state index in [1.54, 1.807) is 29.3 Å². The van der Waals surface area contributed by atoms with Crippen molar-refractivity contribution in [2.45, 2.75) is 19.4 Å². The number of nitrogens with one attached hydrogen (secondary N) is 2. The Labute approximate surface area is 149 Å². The van der Waals surface area contributed by atoms with Crippen LogP contribution in [0.25, 0.3) is 17.1 Å². The molecule has 2 aromatic carbocycles. The monoisotopic (exact) mass is 347 g/mol. The van der Waals surface area contributed by atoms with E-state index in [1.165, 1.54) is 6.92 Å². The van der Waals surface area contributed by atoms with Gasteiger partial charge in [0.25, 0.3) is 0 Å². The first-order valence-electron chi connectivity index (χ1n) is 8.28. The summed E-state index contributed by atoms with van der Waals surface area (Å²) in [5, 5.41) is 13.4. The molecule has 7 heteroatoms. The summed E-state index contributed by atoms with van der Waals surface area (Å²) in [7, 11) is 0. The fourth-order valence-electron chi connectivity index (χ4n) is 3.22. The zero-order chi connectivity index (χ0) is 18.1. The van der Waals surface area contributed by atoms with Gasteiger partial charge in [-0.15, -0.1) is 0 Å². The summed E-state index contributed by atoms with van der Waals surface area (Å²) in [6.45, 7) is 1.50. The summed E-state index contributed by atoms with van der Waals surface area (Å²) < 4.78 is 0. The first-order chi connectivity index (χ1) is 12.6.